The summed E-state index contributed by atoms with van der Waals surface area (Å²) in [6.45, 7) is 2.26. The number of hydrogen-bond acceptors (Lipinski definition) is 3. The van der Waals surface area contributed by atoms with Crippen LogP contribution in [0.5, 0.6) is 0 Å². The van der Waals surface area contributed by atoms with Crippen LogP contribution in [0.1, 0.15) is 57.4 Å². The SMILES string of the molecule is CCCCCCCCCSc1ccc(CC=NNC(=N)N)cc1. The van der Waals surface area contributed by atoms with Gasteiger partial charge in [0.1, 0.15) is 0 Å². The third-order valence-corrected chi connectivity index (χ3v) is 4.64. The molecule has 0 aliphatic carbocycles. The maximum absolute atomic E-state index is 6.99. The molecular weight excluding hydrogens is 304 g/mol. The van der Waals surface area contributed by atoms with Crippen LogP contribution in [0.25, 0.3) is 0 Å². The molecule has 1 aromatic carbocycles. The zero-order valence-electron chi connectivity index (χ0n) is 14.2. The van der Waals surface area contributed by atoms with Crippen LogP contribution >= 0.6 is 11.8 Å². The normalized spacial score (nSPS) is 11.0. The number of hydrazone groups is 1. The van der Waals surface area contributed by atoms with Crippen molar-refractivity contribution in [2.45, 2.75) is 63.2 Å². The molecule has 0 atom stereocenters. The van der Waals surface area contributed by atoms with E-state index in [9.17, 15) is 0 Å². The van der Waals surface area contributed by atoms with Crippen molar-refractivity contribution in [3.8, 4) is 0 Å². The van der Waals surface area contributed by atoms with Gasteiger partial charge in [0, 0.05) is 17.5 Å². The van der Waals surface area contributed by atoms with Gasteiger partial charge >= 0.3 is 0 Å². The molecule has 0 radical (unpaired) electrons. The minimum absolute atomic E-state index is 0.140. The lowest BCUT2D eigenvalue weighted by atomic mass is 10.1. The van der Waals surface area contributed by atoms with Crippen molar-refractivity contribution in [1.29, 1.82) is 5.41 Å². The Labute approximate surface area is 144 Å². The lowest BCUT2D eigenvalue weighted by Gasteiger charge is -2.04. The van der Waals surface area contributed by atoms with Gasteiger partial charge < -0.3 is 5.73 Å². The molecule has 4 nitrogen and oxygen atoms in total. The Bertz CT molecular complexity index is 457. The number of benzene rings is 1. The van der Waals surface area contributed by atoms with Crippen molar-refractivity contribution in [3.05, 3.63) is 29.8 Å². The first-order chi connectivity index (χ1) is 11.2. The summed E-state index contributed by atoms with van der Waals surface area (Å²) >= 11 is 1.94. The predicted octanol–water partition coefficient (Wildman–Crippen LogP) is 4.54. The number of nitrogens with one attached hydrogen (secondary N) is 2. The van der Waals surface area contributed by atoms with Crippen LogP contribution in [0, 0.1) is 5.41 Å². The van der Waals surface area contributed by atoms with Gasteiger partial charge in [-0.15, -0.1) is 11.8 Å². The van der Waals surface area contributed by atoms with E-state index in [1.54, 1.807) is 6.21 Å². The first kappa shape index (κ1) is 19.6. The number of nitrogens with two attached hydrogens (primary N) is 1. The molecule has 0 saturated heterocycles. The number of nitrogens with zero attached hydrogens (tertiary/aromatic N) is 1. The van der Waals surface area contributed by atoms with Crippen LogP contribution in [-0.4, -0.2) is 17.9 Å². The topological polar surface area (TPSA) is 74.3 Å². The molecule has 0 bridgehead atoms. The van der Waals surface area contributed by atoms with Gasteiger partial charge in [0.2, 0.25) is 5.96 Å². The zero-order valence-corrected chi connectivity index (χ0v) is 15.0. The highest BCUT2D eigenvalue weighted by Gasteiger charge is 1.96. The summed E-state index contributed by atoms with van der Waals surface area (Å²) in [5.41, 5.74) is 8.76. The quantitative estimate of drug-likeness (QED) is 0.173. The van der Waals surface area contributed by atoms with Gasteiger partial charge in [0.05, 0.1) is 0 Å². The smallest absolute Gasteiger partial charge is 0.206 e. The molecule has 0 unspecified atom stereocenters. The fourth-order valence-electron chi connectivity index (χ4n) is 2.24. The summed E-state index contributed by atoms with van der Waals surface area (Å²) in [6.07, 6.45) is 12.0. The zero-order chi connectivity index (χ0) is 16.8. The molecule has 0 spiro atoms. The van der Waals surface area contributed by atoms with Crippen LogP contribution in [-0.2, 0) is 6.42 Å². The summed E-state index contributed by atoms with van der Waals surface area (Å²) in [5, 5.41) is 10.8. The Morgan fingerprint density at radius 1 is 1.13 bits per heavy atom. The molecule has 0 aliphatic rings. The van der Waals surface area contributed by atoms with E-state index >= 15 is 0 Å². The van der Waals surface area contributed by atoms with Crippen molar-refractivity contribution >= 4 is 23.9 Å². The van der Waals surface area contributed by atoms with Crippen LogP contribution in [0.3, 0.4) is 0 Å². The molecule has 0 aliphatic heterocycles. The van der Waals surface area contributed by atoms with Crippen LogP contribution in [0.2, 0.25) is 0 Å². The van der Waals surface area contributed by atoms with Gasteiger partial charge in [-0.25, -0.2) is 5.43 Å². The van der Waals surface area contributed by atoms with Gasteiger partial charge in [-0.3, -0.25) is 5.41 Å². The number of hydrogen-bond donors (Lipinski definition) is 3. The van der Waals surface area contributed by atoms with E-state index in [4.69, 9.17) is 11.1 Å². The average Bonchev–Trinajstić information content (AvgIpc) is 2.55. The minimum Gasteiger partial charge on any atom is -0.369 e. The average molecular weight is 335 g/mol. The predicted molar refractivity (Wildman–Crippen MR) is 102 cm³/mol. The van der Waals surface area contributed by atoms with Gasteiger partial charge in [-0.2, -0.15) is 5.10 Å². The van der Waals surface area contributed by atoms with Crippen molar-refractivity contribution in [2.24, 2.45) is 10.8 Å². The second kappa shape index (κ2) is 13.0. The van der Waals surface area contributed by atoms with E-state index in [1.807, 2.05) is 11.8 Å². The van der Waals surface area contributed by atoms with Crippen LogP contribution < -0.4 is 11.2 Å². The molecule has 5 heteroatoms. The lowest BCUT2D eigenvalue weighted by Crippen LogP contribution is -2.25. The molecule has 0 aromatic heterocycles. The molecule has 128 valence electrons. The molecule has 0 heterocycles. The Balaban J connectivity index is 2.12. The highest BCUT2D eigenvalue weighted by molar-refractivity contribution is 7.99. The monoisotopic (exact) mass is 334 g/mol. The highest BCUT2D eigenvalue weighted by Crippen LogP contribution is 2.20. The van der Waals surface area contributed by atoms with E-state index in [2.05, 4.69) is 41.7 Å². The van der Waals surface area contributed by atoms with E-state index in [0.717, 1.165) is 6.42 Å². The second-order valence-electron chi connectivity index (χ2n) is 5.66. The van der Waals surface area contributed by atoms with E-state index in [0.29, 0.717) is 0 Å². The van der Waals surface area contributed by atoms with E-state index in [1.165, 1.54) is 61.2 Å². The Morgan fingerprint density at radius 2 is 1.78 bits per heavy atom. The van der Waals surface area contributed by atoms with Crippen molar-refractivity contribution in [2.75, 3.05) is 5.75 Å². The summed E-state index contributed by atoms with van der Waals surface area (Å²) < 4.78 is 0. The number of guanidine groups is 1. The standard InChI is InChI=1S/C18H30N4S/c1-2-3-4-5-6-7-8-15-23-17-11-9-16(10-12-17)13-14-21-22-18(19)20/h9-12,14H,2-8,13,15H2,1H3,(H4,19,20,22). The fourth-order valence-corrected chi connectivity index (χ4v) is 3.15. The first-order valence-corrected chi connectivity index (χ1v) is 9.54. The fraction of sp³-hybridized carbons (Fsp3) is 0.556. The lowest BCUT2D eigenvalue weighted by molar-refractivity contribution is 0.603. The summed E-state index contributed by atoms with van der Waals surface area (Å²) in [4.78, 5) is 1.33. The maximum Gasteiger partial charge on any atom is 0.206 e. The molecule has 0 fully saturated rings. The molecule has 4 N–H and O–H groups in total. The maximum atomic E-state index is 6.99. The number of rotatable bonds is 12. The summed E-state index contributed by atoms with van der Waals surface area (Å²) in [5.74, 6) is 1.07. The largest absolute Gasteiger partial charge is 0.369 e. The molecule has 23 heavy (non-hydrogen) atoms. The van der Waals surface area contributed by atoms with E-state index < -0.39 is 0 Å². The van der Waals surface area contributed by atoms with Gasteiger partial charge in [-0.05, 0) is 29.9 Å². The van der Waals surface area contributed by atoms with Crippen LogP contribution in [0.15, 0.2) is 34.3 Å². The molecule has 1 rings (SSSR count). The van der Waals surface area contributed by atoms with E-state index in [-0.39, 0.29) is 5.96 Å². The molecule has 0 saturated carbocycles. The molecule has 1 aromatic rings. The number of unbranched alkanes of at least 4 members (excludes halogenated alkanes) is 6. The Kier molecular flexibility index (Phi) is 11.0. The number of thioether (sulfide) groups is 1. The van der Waals surface area contributed by atoms with Gasteiger partial charge in [0.15, 0.2) is 0 Å². The minimum atomic E-state index is -0.140. The van der Waals surface area contributed by atoms with Crippen LogP contribution in [0.4, 0.5) is 0 Å². The van der Waals surface area contributed by atoms with Crippen molar-refractivity contribution in [1.82, 2.24) is 5.43 Å². The molecular formula is C18H30N4S. The Hall–Kier alpha value is -1.49. The summed E-state index contributed by atoms with van der Waals surface area (Å²) in [7, 11) is 0. The highest BCUT2D eigenvalue weighted by atomic mass is 32.2. The van der Waals surface area contributed by atoms with Gasteiger partial charge in [0.25, 0.3) is 0 Å². The third-order valence-electron chi connectivity index (χ3n) is 3.54. The van der Waals surface area contributed by atoms with Crippen molar-refractivity contribution in [3.63, 3.8) is 0 Å². The Morgan fingerprint density at radius 3 is 2.43 bits per heavy atom. The third kappa shape index (κ3) is 10.8. The van der Waals surface area contributed by atoms with Crippen molar-refractivity contribution < 1.29 is 0 Å². The first-order valence-electron chi connectivity index (χ1n) is 8.55. The van der Waals surface area contributed by atoms with Gasteiger partial charge in [-0.1, -0.05) is 57.6 Å². The molecule has 0 amide bonds. The summed E-state index contributed by atoms with van der Waals surface area (Å²) in [6, 6.07) is 8.61. The second-order valence-corrected chi connectivity index (χ2v) is 6.82.